The Morgan fingerprint density at radius 3 is 2.80 bits per heavy atom. The zero-order valence-corrected chi connectivity index (χ0v) is 6.04. The molecule has 0 aromatic rings. The lowest BCUT2D eigenvalue weighted by molar-refractivity contribution is -0.143. The Kier molecular flexibility index (Phi) is 4.88. The lowest BCUT2D eigenvalue weighted by atomic mass is 10.3. The molecule has 0 rings (SSSR count). The summed E-state index contributed by atoms with van der Waals surface area (Å²) in [6.07, 6.45) is -0.464. The number of hydrogen-bond acceptors (Lipinski definition) is 4. The molecule has 4 nitrogen and oxygen atoms in total. The van der Waals surface area contributed by atoms with E-state index < -0.39 is 6.23 Å². The number of hydrogen-bond donors (Lipinski definition) is 2. The quantitative estimate of drug-likeness (QED) is 0.419. The molecule has 0 aliphatic rings. The van der Waals surface area contributed by atoms with Gasteiger partial charge in [-0.3, -0.25) is 4.79 Å². The van der Waals surface area contributed by atoms with E-state index in [0.717, 1.165) is 0 Å². The van der Waals surface area contributed by atoms with Crippen LogP contribution in [0.3, 0.4) is 0 Å². The van der Waals surface area contributed by atoms with Crippen molar-refractivity contribution in [3.8, 4) is 0 Å². The van der Waals surface area contributed by atoms with Crippen LogP contribution in [-0.4, -0.2) is 23.9 Å². The van der Waals surface area contributed by atoms with Gasteiger partial charge in [0, 0.05) is 6.42 Å². The first-order chi connectivity index (χ1) is 4.66. The Morgan fingerprint density at radius 1 is 1.80 bits per heavy atom. The topological polar surface area (TPSA) is 72.5 Å². The third-order valence-electron chi connectivity index (χ3n) is 0.950. The number of carbonyl (C=O) groups excluding carboxylic acids is 1. The first-order valence-electron chi connectivity index (χ1n) is 3.26. The van der Waals surface area contributed by atoms with Crippen molar-refractivity contribution in [1.29, 1.82) is 0 Å². The van der Waals surface area contributed by atoms with Gasteiger partial charge in [0.15, 0.2) is 0 Å². The molecule has 0 heterocycles. The zero-order chi connectivity index (χ0) is 7.98. The van der Waals surface area contributed by atoms with Crippen LogP contribution in [-0.2, 0) is 9.53 Å². The minimum atomic E-state index is -0.913. The Balaban J connectivity index is 3.22. The van der Waals surface area contributed by atoms with E-state index in [-0.39, 0.29) is 18.8 Å². The number of aliphatic hydroxyl groups is 1. The van der Waals surface area contributed by atoms with Crippen LogP contribution in [0.25, 0.3) is 0 Å². The molecule has 0 amide bonds. The average Bonchev–Trinajstić information content (AvgIpc) is 1.85. The Morgan fingerprint density at radius 2 is 2.40 bits per heavy atom. The number of carbonyl (C=O) groups is 1. The zero-order valence-electron chi connectivity index (χ0n) is 6.04. The number of rotatable bonds is 4. The van der Waals surface area contributed by atoms with Gasteiger partial charge in [-0.25, -0.2) is 0 Å². The maximum absolute atomic E-state index is 10.6. The fourth-order valence-corrected chi connectivity index (χ4v) is 0.499. The molecule has 4 heteroatoms. The molecule has 60 valence electrons. The van der Waals surface area contributed by atoms with Crippen molar-refractivity contribution in [3.63, 3.8) is 0 Å². The average molecular weight is 147 g/mol. The van der Waals surface area contributed by atoms with Gasteiger partial charge in [0.2, 0.25) is 0 Å². The SMILES string of the molecule is CCOC(=O)CCC(N)O. The molecule has 0 bridgehead atoms. The van der Waals surface area contributed by atoms with Crippen molar-refractivity contribution in [2.45, 2.75) is 26.0 Å². The molecule has 1 atom stereocenters. The highest BCUT2D eigenvalue weighted by Gasteiger charge is 2.03. The highest BCUT2D eigenvalue weighted by molar-refractivity contribution is 5.69. The first-order valence-corrected chi connectivity index (χ1v) is 3.26. The second kappa shape index (κ2) is 5.20. The van der Waals surface area contributed by atoms with Gasteiger partial charge >= 0.3 is 5.97 Å². The summed E-state index contributed by atoms with van der Waals surface area (Å²) < 4.78 is 4.59. The summed E-state index contributed by atoms with van der Waals surface area (Å²) in [7, 11) is 0. The van der Waals surface area contributed by atoms with Gasteiger partial charge in [-0.1, -0.05) is 0 Å². The van der Waals surface area contributed by atoms with Crippen LogP contribution in [0, 0.1) is 0 Å². The van der Waals surface area contributed by atoms with Crippen molar-refractivity contribution >= 4 is 5.97 Å². The van der Waals surface area contributed by atoms with Crippen LogP contribution in [0.5, 0.6) is 0 Å². The molecule has 0 aromatic heterocycles. The van der Waals surface area contributed by atoms with E-state index >= 15 is 0 Å². The largest absolute Gasteiger partial charge is 0.466 e. The van der Waals surface area contributed by atoms with Gasteiger partial charge in [0.05, 0.1) is 6.61 Å². The summed E-state index contributed by atoms with van der Waals surface area (Å²) >= 11 is 0. The van der Waals surface area contributed by atoms with E-state index in [1.807, 2.05) is 0 Å². The van der Waals surface area contributed by atoms with Crippen LogP contribution in [0.2, 0.25) is 0 Å². The third-order valence-corrected chi connectivity index (χ3v) is 0.950. The molecule has 0 spiro atoms. The minimum Gasteiger partial charge on any atom is -0.466 e. The first kappa shape index (κ1) is 9.39. The number of ether oxygens (including phenoxy) is 1. The van der Waals surface area contributed by atoms with E-state index in [1.165, 1.54) is 0 Å². The van der Waals surface area contributed by atoms with Crippen LogP contribution in [0.15, 0.2) is 0 Å². The lowest BCUT2D eigenvalue weighted by Crippen LogP contribution is -2.20. The molecule has 10 heavy (non-hydrogen) atoms. The van der Waals surface area contributed by atoms with Crippen molar-refractivity contribution in [2.75, 3.05) is 6.61 Å². The maximum Gasteiger partial charge on any atom is 0.305 e. The maximum atomic E-state index is 10.6. The van der Waals surface area contributed by atoms with Gasteiger partial charge in [0.25, 0.3) is 0 Å². The van der Waals surface area contributed by atoms with E-state index in [2.05, 4.69) is 4.74 Å². The lowest BCUT2D eigenvalue weighted by Gasteiger charge is -2.02. The fourth-order valence-electron chi connectivity index (χ4n) is 0.499. The molecule has 0 aliphatic carbocycles. The molecule has 0 saturated heterocycles. The second-order valence-electron chi connectivity index (χ2n) is 1.91. The Bertz CT molecular complexity index is 103. The Labute approximate surface area is 60.0 Å². The van der Waals surface area contributed by atoms with Gasteiger partial charge in [-0.2, -0.15) is 0 Å². The fraction of sp³-hybridized carbons (Fsp3) is 0.833. The van der Waals surface area contributed by atoms with Crippen molar-refractivity contribution in [3.05, 3.63) is 0 Å². The van der Waals surface area contributed by atoms with Crippen molar-refractivity contribution in [2.24, 2.45) is 5.73 Å². The van der Waals surface area contributed by atoms with Crippen molar-refractivity contribution in [1.82, 2.24) is 0 Å². The molecule has 1 unspecified atom stereocenters. The molecular weight excluding hydrogens is 134 g/mol. The standard InChI is InChI=1S/C6H13NO3/c1-2-10-6(9)4-3-5(7)8/h5,8H,2-4,7H2,1H3. The summed E-state index contributed by atoms with van der Waals surface area (Å²) in [5, 5.41) is 8.54. The van der Waals surface area contributed by atoms with E-state index in [4.69, 9.17) is 10.8 Å². The number of aliphatic hydroxyl groups excluding tert-OH is 1. The second-order valence-corrected chi connectivity index (χ2v) is 1.91. The number of esters is 1. The predicted octanol–water partition coefficient (Wildman–Crippen LogP) is -0.393. The molecule has 3 N–H and O–H groups in total. The smallest absolute Gasteiger partial charge is 0.305 e. The van der Waals surface area contributed by atoms with Crippen LogP contribution in [0.1, 0.15) is 19.8 Å². The summed E-state index contributed by atoms with van der Waals surface area (Å²) in [6, 6.07) is 0. The normalized spacial score (nSPS) is 12.7. The van der Waals surface area contributed by atoms with Gasteiger partial charge in [-0.05, 0) is 13.3 Å². The molecule has 0 fully saturated rings. The molecule has 0 aliphatic heterocycles. The third kappa shape index (κ3) is 5.53. The van der Waals surface area contributed by atoms with Gasteiger partial charge in [-0.15, -0.1) is 0 Å². The predicted molar refractivity (Wildman–Crippen MR) is 36.1 cm³/mol. The van der Waals surface area contributed by atoms with Gasteiger partial charge in [0.1, 0.15) is 6.23 Å². The van der Waals surface area contributed by atoms with Crippen LogP contribution in [0.4, 0.5) is 0 Å². The highest BCUT2D eigenvalue weighted by atomic mass is 16.5. The monoisotopic (exact) mass is 147 g/mol. The van der Waals surface area contributed by atoms with Crippen LogP contribution >= 0.6 is 0 Å². The van der Waals surface area contributed by atoms with E-state index in [9.17, 15) is 4.79 Å². The minimum absolute atomic E-state index is 0.186. The Hall–Kier alpha value is -0.610. The summed E-state index contributed by atoms with van der Waals surface area (Å²) in [4.78, 5) is 10.6. The van der Waals surface area contributed by atoms with Crippen molar-refractivity contribution < 1.29 is 14.6 Å². The van der Waals surface area contributed by atoms with E-state index in [1.54, 1.807) is 6.92 Å². The molecule has 0 aromatic carbocycles. The molecule has 0 saturated carbocycles. The molecule has 0 radical (unpaired) electrons. The van der Waals surface area contributed by atoms with Crippen LogP contribution < -0.4 is 5.73 Å². The van der Waals surface area contributed by atoms with Gasteiger partial charge < -0.3 is 15.6 Å². The molecular formula is C6H13NO3. The van der Waals surface area contributed by atoms with E-state index in [0.29, 0.717) is 6.61 Å². The number of nitrogens with two attached hydrogens (primary N) is 1. The highest BCUT2D eigenvalue weighted by Crippen LogP contribution is 1.93. The summed E-state index contributed by atoms with van der Waals surface area (Å²) in [6.45, 7) is 2.11. The summed E-state index contributed by atoms with van der Waals surface area (Å²) in [5.41, 5.74) is 4.98. The summed E-state index contributed by atoms with van der Waals surface area (Å²) in [5.74, 6) is -0.313.